The van der Waals surface area contributed by atoms with Crippen LogP contribution >= 0.6 is 11.3 Å². The largest absolute Gasteiger partial charge is 0.359 e. The van der Waals surface area contributed by atoms with Gasteiger partial charge in [-0.3, -0.25) is 0 Å². The molecular formula is C9H17N3S. The maximum absolute atomic E-state index is 5.46. The van der Waals surface area contributed by atoms with Gasteiger partial charge in [0, 0.05) is 11.4 Å². The minimum absolute atomic E-state index is 0.417. The molecule has 0 aliphatic heterocycles. The van der Waals surface area contributed by atoms with Gasteiger partial charge in [-0.1, -0.05) is 6.92 Å². The summed E-state index contributed by atoms with van der Waals surface area (Å²) in [5, 5.41) is 6.43. The summed E-state index contributed by atoms with van der Waals surface area (Å²) < 4.78 is 0. The molecule has 0 aromatic carbocycles. The highest BCUT2D eigenvalue weighted by atomic mass is 32.1. The topological polar surface area (TPSA) is 50.9 Å². The Balaban J connectivity index is 2.44. The molecule has 0 aliphatic rings. The first-order valence-corrected chi connectivity index (χ1v) is 5.55. The fourth-order valence-corrected chi connectivity index (χ4v) is 1.97. The van der Waals surface area contributed by atoms with Gasteiger partial charge in [-0.25, -0.2) is 4.98 Å². The van der Waals surface area contributed by atoms with Crippen molar-refractivity contribution in [3.05, 3.63) is 11.1 Å². The van der Waals surface area contributed by atoms with Crippen LogP contribution in [-0.2, 0) is 6.42 Å². The molecule has 0 spiro atoms. The van der Waals surface area contributed by atoms with Gasteiger partial charge < -0.3 is 11.1 Å². The highest BCUT2D eigenvalue weighted by Crippen LogP contribution is 2.16. The number of thiazole rings is 1. The molecule has 0 aliphatic carbocycles. The van der Waals surface area contributed by atoms with E-state index in [2.05, 4.69) is 29.5 Å². The van der Waals surface area contributed by atoms with Gasteiger partial charge in [0.2, 0.25) is 0 Å². The smallest absolute Gasteiger partial charge is 0.183 e. The predicted molar refractivity (Wildman–Crippen MR) is 58.2 cm³/mol. The van der Waals surface area contributed by atoms with E-state index < -0.39 is 0 Å². The molecule has 0 bridgehead atoms. The molecule has 1 unspecified atom stereocenters. The van der Waals surface area contributed by atoms with Crippen LogP contribution in [0.4, 0.5) is 5.13 Å². The Bertz CT molecular complexity index is 247. The van der Waals surface area contributed by atoms with Crippen molar-refractivity contribution < 1.29 is 0 Å². The van der Waals surface area contributed by atoms with Gasteiger partial charge in [-0.05, 0) is 26.3 Å². The van der Waals surface area contributed by atoms with Crippen molar-refractivity contribution in [2.45, 2.75) is 32.7 Å². The van der Waals surface area contributed by atoms with Gasteiger partial charge in [0.05, 0.1) is 5.69 Å². The molecule has 1 aromatic rings. The summed E-state index contributed by atoms with van der Waals surface area (Å²) in [6.07, 6.45) is 1.99. The van der Waals surface area contributed by atoms with Gasteiger partial charge in [0.15, 0.2) is 5.13 Å². The number of aromatic nitrogens is 1. The number of hydrogen-bond donors (Lipinski definition) is 2. The Morgan fingerprint density at radius 1 is 1.69 bits per heavy atom. The summed E-state index contributed by atoms with van der Waals surface area (Å²) in [7, 11) is 0. The molecule has 0 amide bonds. The predicted octanol–water partition coefficient (Wildman–Crippen LogP) is 1.85. The summed E-state index contributed by atoms with van der Waals surface area (Å²) >= 11 is 1.67. The molecule has 0 fully saturated rings. The zero-order valence-corrected chi connectivity index (χ0v) is 9.03. The van der Waals surface area contributed by atoms with Gasteiger partial charge in [-0.2, -0.15) is 0 Å². The highest BCUT2D eigenvalue weighted by Gasteiger charge is 2.03. The summed E-state index contributed by atoms with van der Waals surface area (Å²) in [6, 6.07) is 0.417. The molecule has 3 N–H and O–H groups in total. The molecule has 0 radical (unpaired) electrons. The Kier molecular flexibility index (Phi) is 4.18. The lowest BCUT2D eigenvalue weighted by molar-refractivity contribution is 0.715. The minimum Gasteiger partial charge on any atom is -0.359 e. The van der Waals surface area contributed by atoms with Gasteiger partial charge in [-0.15, -0.1) is 11.3 Å². The number of hydrogen-bond acceptors (Lipinski definition) is 4. The number of nitrogens with two attached hydrogens (primary N) is 1. The van der Waals surface area contributed by atoms with E-state index in [9.17, 15) is 0 Å². The van der Waals surface area contributed by atoms with E-state index in [0.717, 1.165) is 30.2 Å². The molecule has 4 heteroatoms. The van der Waals surface area contributed by atoms with Gasteiger partial charge in [0.1, 0.15) is 0 Å². The lowest BCUT2D eigenvalue weighted by Gasteiger charge is -2.10. The van der Waals surface area contributed by atoms with E-state index in [-0.39, 0.29) is 0 Å². The van der Waals surface area contributed by atoms with E-state index in [1.54, 1.807) is 11.3 Å². The molecule has 13 heavy (non-hydrogen) atoms. The highest BCUT2D eigenvalue weighted by molar-refractivity contribution is 7.13. The summed E-state index contributed by atoms with van der Waals surface area (Å²) in [5.41, 5.74) is 6.62. The summed E-state index contributed by atoms with van der Waals surface area (Å²) in [4.78, 5) is 4.42. The molecule has 1 rings (SSSR count). The van der Waals surface area contributed by atoms with Crippen molar-refractivity contribution >= 4 is 16.5 Å². The molecule has 3 nitrogen and oxygen atoms in total. The second-order valence-electron chi connectivity index (χ2n) is 3.12. The number of aryl methyl sites for hydroxylation is 1. The van der Waals surface area contributed by atoms with Crippen molar-refractivity contribution in [3.63, 3.8) is 0 Å². The van der Waals surface area contributed by atoms with Crippen molar-refractivity contribution in [2.24, 2.45) is 5.73 Å². The van der Waals surface area contributed by atoms with E-state index in [4.69, 9.17) is 5.73 Å². The molecular weight excluding hydrogens is 182 g/mol. The third kappa shape index (κ3) is 3.32. The molecule has 0 saturated heterocycles. The van der Waals surface area contributed by atoms with Gasteiger partial charge in [0.25, 0.3) is 0 Å². The van der Waals surface area contributed by atoms with Crippen LogP contribution < -0.4 is 11.1 Å². The fourth-order valence-electron chi connectivity index (χ4n) is 1.07. The Morgan fingerprint density at radius 3 is 3.00 bits per heavy atom. The van der Waals surface area contributed by atoms with E-state index in [0.29, 0.717) is 6.04 Å². The third-order valence-electron chi connectivity index (χ3n) is 1.88. The lowest BCUT2D eigenvalue weighted by Crippen LogP contribution is -2.19. The fraction of sp³-hybridized carbons (Fsp3) is 0.667. The van der Waals surface area contributed by atoms with Crippen LogP contribution in [0.1, 0.15) is 26.0 Å². The van der Waals surface area contributed by atoms with Crippen LogP contribution in [0.25, 0.3) is 0 Å². The van der Waals surface area contributed by atoms with Crippen LogP contribution in [0, 0.1) is 0 Å². The normalized spacial score (nSPS) is 12.8. The van der Waals surface area contributed by atoms with Crippen molar-refractivity contribution in [3.8, 4) is 0 Å². The average molecular weight is 199 g/mol. The first kappa shape index (κ1) is 10.5. The van der Waals surface area contributed by atoms with E-state index in [1.165, 1.54) is 0 Å². The van der Waals surface area contributed by atoms with Crippen LogP contribution in [0.3, 0.4) is 0 Å². The quantitative estimate of drug-likeness (QED) is 0.761. The first-order chi connectivity index (χ1) is 6.26. The van der Waals surface area contributed by atoms with Gasteiger partial charge >= 0.3 is 0 Å². The molecule has 1 atom stereocenters. The lowest BCUT2D eigenvalue weighted by atomic mass is 10.2. The number of nitrogens with zero attached hydrogens (tertiary/aromatic N) is 1. The first-order valence-electron chi connectivity index (χ1n) is 4.67. The number of nitrogens with one attached hydrogen (secondary N) is 1. The molecule has 1 aromatic heterocycles. The van der Waals surface area contributed by atoms with Crippen LogP contribution in [-0.4, -0.2) is 17.6 Å². The molecule has 1 heterocycles. The van der Waals surface area contributed by atoms with Crippen LogP contribution in [0.2, 0.25) is 0 Å². The average Bonchev–Trinajstić information content (AvgIpc) is 2.52. The molecule has 74 valence electrons. The maximum atomic E-state index is 5.46. The van der Waals surface area contributed by atoms with Crippen LogP contribution in [0.5, 0.6) is 0 Å². The van der Waals surface area contributed by atoms with Crippen molar-refractivity contribution in [1.29, 1.82) is 0 Å². The Labute approximate surface area is 83.4 Å². The number of anilines is 1. The van der Waals surface area contributed by atoms with Crippen LogP contribution in [0.15, 0.2) is 5.38 Å². The number of rotatable bonds is 5. The van der Waals surface area contributed by atoms with E-state index in [1.807, 2.05) is 0 Å². The minimum atomic E-state index is 0.417. The Morgan fingerprint density at radius 2 is 2.46 bits per heavy atom. The SMILES string of the molecule is CCc1csc(NC(C)CCN)n1. The van der Waals surface area contributed by atoms with Crippen molar-refractivity contribution in [1.82, 2.24) is 4.98 Å². The zero-order chi connectivity index (χ0) is 9.68. The zero-order valence-electron chi connectivity index (χ0n) is 8.21. The maximum Gasteiger partial charge on any atom is 0.183 e. The standard InChI is InChI=1S/C9H17N3S/c1-3-8-6-13-9(12-8)11-7(2)4-5-10/h6-7H,3-5,10H2,1-2H3,(H,11,12). The monoisotopic (exact) mass is 199 g/mol. The Hall–Kier alpha value is -0.610. The second kappa shape index (κ2) is 5.19. The second-order valence-corrected chi connectivity index (χ2v) is 3.98. The summed E-state index contributed by atoms with van der Waals surface area (Å²) in [6.45, 7) is 4.96. The van der Waals surface area contributed by atoms with Crippen molar-refractivity contribution in [2.75, 3.05) is 11.9 Å². The third-order valence-corrected chi connectivity index (χ3v) is 2.71. The summed E-state index contributed by atoms with van der Waals surface area (Å²) in [5.74, 6) is 0. The molecule has 0 saturated carbocycles. The van der Waals surface area contributed by atoms with E-state index >= 15 is 0 Å².